The van der Waals surface area contributed by atoms with Crippen molar-refractivity contribution < 1.29 is 33.4 Å². The van der Waals surface area contributed by atoms with Gasteiger partial charge in [0.15, 0.2) is 11.5 Å². The lowest BCUT2D eigenvalue weighted by Crippen LogP contribution is -2.37. The molecule has 4 heterocycles. The third-order valence-electron chi connectivity index (χ3n) is 13.4. The topological polar surface area (TPSA) is 139 Å². The smallest absolute Gasteiger partial charge is 0.261 e. The first-order chi connectivity index (χ1) is 33.9. The number of ketones is 1. The summed E-state index contributed by atoms with van der Waals surface area (Å²) in [6, 6.07) is 29.4. The molecule has 2 atom stereocenters. The van der Waals surface area contributed by atoms with E-state index in [0.717, 1.165) is 77.2 Å². The molecule has 12 nitrogen and oxygen atoms in total. The summed E-state index contributed by atoms with van der Waals surface area (Å²) >= 11 is 0. The second-order valence-corrected chi connectivity index (χ2v) is 22.2. The Bertz CT molecular complexity index is 2850. The fourth-order valence-corrected chi connectivity index (χ4v) is 12.4. The SMILES string of the molecule is CCNCC(=O)CCCSSC(C)(C)CCC(=O)Nc1cc(COc2cc3c(cc2C)C(=O)N2c4ccccc4C[C@H]2C=N3)cc(COc2cc3c(cc2OC)C(=O)N2c4ccccc4C[C@H]2CC3)c1. The molecular weight excluding hydrogens is 919 g/mol. The van der Waals surface area contributed by atoms with Gasteiger partial charge in [-0.15, -0.1) is 0 Å². The summed E-state index contributed by atoms with van der Waals surface area (Å²) < 4.78 is 18.7. The summed E-state index contributed by atoms with van der Waals surface area (Å²) in [5.41, 5.74) is 9.86. The minimum atomic E-state index is -0.163. The first-order valence-corrected chi connectivity index (χ1v) is 26.6. The van der Waals surface area contributed by atoms with E-state index in [4.69, 9.17) is 19.2 Å². The molecule has 5 aromatic rings. The molecular formula is C56H61N5O7S2. The first-order valence-electron chi connectivity index (χ1n) is 24.3. The molecule has 5 aromatic carbocycles. The van der Waals surface area contributed by atoms with Crippen LogP contribution in [0.15, 0.2) is 96.0 Å². The maximum absolute atomic E-state index is 14.1. The summed E-state index contributed by atoms with van der Waals surface area (Å²) in [5.74, 6) is 2.47. The normalized spacial score (nSPS) is 16.6. The van der Waals surface area contributed by atoms with Crippen LogP contribution < -0.4 is 34.6 Å². The largest absolute Gasteiger partial charge is 0.493 e. The van der Waals surface area contributed by atoms with Crippen LogP contribution in [0.4, 0.5) is 22.7 Å². The van der Waals surface area contributed by atoms with Gasteiger partial charge in [-0.2, -0.15) is 0 Å². The molecule has 0 spiro atoms. The van der Waals surface area contributed by atoms with Crippen LogP contribution >= 0.6 is 21.6 Å². The molecule has 4 aliphatic rings. The average Bonchev–Trinajstić information content (AvgIpc) is 3.85. The first kappa shape index (κ1) is 48.9. The maximum atomic E-state index is 14.1. The maximum Gasteiger partial charge on any atom is 0.261 e. The number of nitrogens with one attached hydrogen (secondary N) is 2. The molecule has 9 rings (SSSR count). The molecule has 0 bridgehead atoms. The second-order valence-electron chi connectivity index (χ2n) is 19.1. The standard InChI is InChI=1S/C56H61N5O7S2/c1-6-57-32-44(62)14-11-21-69-70-56(3,4)20-19-53(63)59-41-24-36(33-67-50-30-47-46(22-35(50)2)55(65)61-43(31-58-47)27-40-13-8-10-16-49(40)61)23-37(25-41)34-68-52-28-38-17-18-42-26-39-12-7-9-15-48(39)60(42)54(64)45(38)29-51(52)66-5/h7-10,12-13,15-16,22-25,28-31,42-43,57H,6,11,14,17-21,26-27,32-34H2,1-5H3,(H,59,63)/t42-,43+/m1/s1. The van der Waals surface area contributed by atoms with Crippen LogP contribution in [0.2, 0.25) is 0 Å². The Morgan fingerprint density at radius 2 is 1.50 bits per heavy atom. The number of likely N-dealkylation sites (N-methyl/N-ethyl adjacent to an activating group) is 1. The van der Waals surface area contributed by atoms with Crippen LogP contribution in [0.1, 0.15) is 107 Å². The van der Waals surface area contributed by atoms with Crippen molar-refractivity contribution in [3.63, 3.8) is 0 Å². The molecule has 0 radical (unpaired) electrons. The van der Waals surface area contributed by atoms with Crippen molar-refractivity contribution in [2.45, 2.75) is 109 Å². The quantitative estimate of drug-likeness (QED) is 0.0572. The third kappa shape index (κ3) is 10.9. The third-order valence-corrected chi connectivity index (χ3v) is 16.9. The number of aryl methyl sites for hydroxylation is 2. The number of methoxy groups -OCH3 is 1. The monoisotopic (exact) mass is 979 g/mol. The van der Waals surface area contributed by atoms with E-state index >= 15 is 0 Å². The van der Waals surface area contributed by atoms with Crippen LogP contribution in [-0.2, 0) is 42.1 Å². The van der Waals surface area contributed by atoms with Gasteiger partial charge in [-0.3, -0.25) is 29.1 Å². The average molecular weight is 980 g/mol. The summed E-state index contributed by atoms with van der Waals surface area (Å²) in [4.78, 5) is 62.4. The summed E-state index contributed by atoms with van der Waals surface area (Å²) in [6.07, 6.45) is 7.33. The molecule has 3 amide bonds. The number of benzene rings is 5. The lowest BCUT2D eigenvalue weighted by Gasteiger charge is -2.23. The van der Waals surface area contributed by atoms with Gasteiger partial charge in [-0.1, -0.05) is 64.9 Å². The molecule has 0 aliphatic carbocycles. The zero-order valence-corrected chi connectivity index (χ0v) is 42.2. The second kappa shape index (κ2) is 21.5. The Morgan fingerprint density at radius 1 is 0.800 bits per heavy atom. The van der Waals surface area contributed by atoms with Gasteiger partial charge in [-0.05, 0) is 141 Å². The number of anilines is 3. The number of carbonyl (C=O) groups is 4. The summed E-state index contributed by atoms with van der Waals surface area (Å²) in [6.45, 7) is 9.74. The number of ether oxygens (including phenoxy) is 3. The van der Waals surface area contributed by atoms with Gasteiger partial charge in [-0.25, -0.2) is 0 Å². The fraction of sp³-hybridized carbons (Fsp3) is 0.375. The van der Waals surface area contributed by atoms with Crippen LogP contribution in [0.5, 0.6) is 17.2 Å². The fourth-order valence-electron chi connectivity index (χ4n) is 9.78. The summed E-state index contributed by atoms with van der Waals surface area (Å²) in [5, 5.41) is 6.25. The van der Waals surface area contributed by atoms with Crippen molar-refractivity contribution in [2.24, 2.45) is 4.99 Å². The zero-order valence-electron chi connectivity index (χ0n) is 40.6. The van der Waals surface area contributed by atoms with Gasteiger partial charge in [0.2, 0.25) is 5.91 Å². The van der Waals surface area contributed by atoms with Crippen molar-refractivity contribution in [3.05, 3.63) is 136 Å². The summed E-state index contributed by atoms with van der Waals surface area (Å²) in [7, 11) is 5.08. The van der Waals surface area contributed by atoms with Gasteiger partial charge in [0, 0.05) is 70.7 Å². The number of fused-ring (bicyclic) bond motifs is 8. The number of hydrogen-bond donors (Lipinski definition) is 2. The number of hydrogen-bond acceptors (Lipinski definition) is 11. The molecule has 0 saturated heterocycles. The minimum Gasteiger partial charge on any atom is -0.493 e. The van der Waals surface area contributed by atoms with Gasteiger partial charge in [0.1, 0.15) is 24.7 Å². The number of rotatable bonds is 20. The number of Topliss-reactive ketones (excluding diaryl/α,β-unsaturated/α-hetero) is 1. The van der Waals surface area contributed by atoms with Crippen molar-refractivity contribution in [1.29, 1.82) is 0 Å². The lowest BCUT2D eigenvalue weighted by molar-refractivity contribution is -0.118. The van der Waals surface area contributed by atoms with Crippen molar-refractivity contribution in [1.82, 2.24) is 5.32 Å². The number of carbonyl (C=O) groups excluding carboxylic acids is 4. The predicted octanol–water partition coefficient (Wildman–Crippen LogP) is 10.8. The highest BCUT2D eigenvalue weighted by molar-refractivity contribution is 8.77. The Morgan fingerprint density at radius 3 is 2.24 bits per heavy atom. The van der Waals surface area contributed by atoms with Crippen LogP contribution in [0.3, 0.4) is 0 Å². The van der Waals surface area contributed by atoms with Gasteiger partial charge < -0.3 is 29.7 Å². The van der Waals surface area contributed by atoms with E-state index in [2.05, 4.69) is 36.6 Å². The molecule has 364 valence electrons. The highest BCUT2D eigenvalue weighted by Crippen LogP contribution is 2.43. The van der Waals surface area contributed by atoms with Gasteiger partial charge in [0.25, 0.3) is 11.8 Å². The van der Waals surface area contributed by atoms with E-state index in [9.17, 15) is 19.2 Å². The molecule has 70 heavy (non-hydrogen) atoms. The highest BCUT2D eigenvalue weighted by atomic mass is 33.1. The van der Waals surface area contributed by atoms with Crippen LogP contribution in [0, 0.1) is 6.92 Å². The Balaban J connectivity index is 0.909. The van der Waals surface area contributed by atoms with Crippen LogP contribution in [0.25, 0.3) is 0 Å². The number of aliphatic imine (C=N–C) groups is 1. The Hall–Kier alpha value is -6.09. The Kier molecular flexibility index (Phi) is 15.0. The number of nitrogens with zero attached hydrogens (tertiary/aromatic N) is 3. The molecule has 4 aliphatic heterocycles. The number of para-hydroxylation sites is 2. The molecule has 2 N–H and O–H groups in total. The van der Waals surface area contributed by atoms with E-state index in [1.54, 1.807) is 34.8 Å². The Labute approximate surface area is 418 Å². The molecule has 0 saturated carbocycles. The molecule has 0 aromatic heterocycles. The van der Waals surface area contributed by atoms with Crippen molar-refractivity contribution in [3.8, 4) is 17.2 Å². The minimum absolute atomic E-state index is 0.0285. The van der Waals surface area contributed by atoms with E-state index in [1.165, 1.54) is 5.56 Å². The predicted molar refractivity (Wildman–Crippen MR) is 282 cm³/mol. The van der Waals surface area contributed by atoms with Crippen molar-refractivity contribution >= 4 is 74.1 Å². The highest BCUT2D eigenvalue weighted by Gasteiger charge is 2.38. The van der Waals surface area contributed by atoms with E-state index < -0.39 is 0 Å². The van der Waals surface area contributed by atoms with Gasteiger partial charge in [0.05, 0.1) is 30.9 Å². The van der Waals surface area contributed by atoms with E-state index in [1.807, 2.05) is 103 Å². The molecule has 14 heteroatoms. The van der Waals surface area contributed by atoms with Crippen molar-refractivity contribution in [2.75, 3.05) is 41.1 Å². The zero-order chi connectivity index (χ0) is 48.9. The number of amides is 3. The van der Waals surface area contributed by atoms with Crippen LogP contribution in [-0.4, -0.2) is 72.5 Å². The van der Waals surface area contributed by atoms with Gasteiger partial charge >= 0.3 is 0 Å². The van der Waals surface area contributed by atoms with E-state index in [0.29, 0.717) is 72.0 Å². The molecule has 0 unspecified atom stereocenters. The molecule has 0 fully saturated rings. The lowest BCUT2D eigenvalue weighted by atomic mass is 9.99. The van der Waals surface area contributed by atoms with E-state index in [-0.39, 0.29) is 53.5 Å².